The molecule has 1 saturated heterocycles. The minimum atomic E-state index is 0.206. The Balaban J connectivity index is 1.69. The Morgan fingerprint density at radius 2 is 2.10 bits per heavy atom. The lowest BCUT2D eigenvalue weighted by atomic mass is 10.0. The molecule has 20 heavy (non-hydrogen) atoms. The Hall–Kier alpha value is -1.23. The average molecular weight is 287 g/mol. The van der Waals surface area contributed by atoms with Gasteiger partial charge in [0.05, 0.1) is 12.2 Å². The maximum Gasteiger partial charge on any atom is 0.107 e. The van der Waals surface area contributed by atoms with Gasteiger partial charge in [0.25, 0.3) is 0 Å². The number of nitrogens with zero attached hydrogens (tertiary/aromatic N) is 2. The molecule has 1 N–H and O–H groups in total. The van der Waals surface area contributed by atoms with Gasteiger partial charge in [-0.1, -0.05) is 30.3 Å². The Kier molecular flexibility index (Phi) is 3.87. The van der Waals surface area contributed by atoms with E-state index in [1.807, 2.05) is 6.07 Å². The summed E-state index contributed by atoms with van der Waals surface area (Å²) >= 11 is 1.76. The SMILES string of the molecule is CC1(C)CN(Cc2nc(-c3ccccc3)cs2)CCN1. The first-order valence-electron chi connectivity index (χ1n) is 7.10. The molecule has 0 radical (unpaired) electrons. The second-order valence-electron chi connectivity index (χ2n) is 6.01. The first kappa shape index (κ1) is 13.7. The van der Waals surface area contributed by atoms with Crippen LogP contribution in [0.15, 0.2) is 35.7 Å². The second kappa shape index (κ2) is 5.64. The summed E-state index contributed by atoms with van der Waals surface area (Å²) in [5.41, 5.74) is 2.51. The molecule has 3 rings (SSSR count). The molecular weight excluding hydrogens is 266 g/mol. The second-order valence-corrected chi connectivity index (χ2v) is 6.96. The van der Waals surface area contributed by atoms with Gasteiger partial charge < -0.3 is 5.32 Å². The quantitative estimate of drug-likeness (QED) is 0.940. The highest BCUT2D eigenvalue weighted by molar-refractivity contribution is 7.09. The molecule has 0 aliphatic carbocycles. The van der Waals surface area contributed by atoms with E-state index < -0.39 is 0 Å². The van der Waals surface area contributed by atoms with Crippen LogP contribution in [-0.4, -0.2) is 35.1 Å². The standard InChI is InChI=1S/C16H21N3S/c1-16(2)12-19(9-8-17-16)10-15-18-14(11-20-15)13-6-4-3-5-7-13/h3-7,11,17H,8-10,12H2,1-2H3. The van der Waals surface area contributed by atoms with Crippen molar-refractivity contribution in [3.63, 3.8) is 0 Å². The van der Waals surface area contributed by atoms with E-state index in [-0.39, 0.29) is 5.54 Å². The van der Waals surface area contributed by atoms with Gasteiger partial charge in [0.2, 0.25) is 0 Å². The summed E-state index contributed by atoms with van der Waals surface area (Å²) in [5, 5.41) is 6.92. The van der Waals surface area contributed by atoms with Crippen molar-refractivity contribution < 1.29 is 0 Å². The minimum Gasteiger partial charge on any atom is -0.309 e. The summed E-state index contributed by atoms with van der Waals surface area (Å²) in [6.45, 7) is 8.72. The van der Waals surface area contributed by atoms with Crippen molar-refractivity contribution in [3.8, 4) is 11.3 Å². The topological polar surface area (TPSA) is 28.2 Å². The summed E-state index contributed by atoms with van der Waals surface area (Å²) in [5.74, 6) is 0. The number of benzene rings is 1. The molecule has 106 valence electrons. The van der Waals surface area contributed by atoms with Gasteiger partial charge in [0.15, 0.2) is 0 Å². The van der Waals surface area contributed by atoms with Crippen molar-refractivity contribution >= 4 is 11.3 Å². The van der Waals surface area contributed by atoms with Crippen LogP contribution in [0.4, 0.5) is 0 Å². The highest BCUT2D eigenvalue weighted by atomic mass is 32.1. The normalized spacial score (nSPS) is 19.1. The van der Waals surface area contributed by atoms with Gasteiger partial charge in [-0.05, 0) is 13.8 Å². The van der Waals surface area contributed by atoms with Crippen molar-refractivity contribution in [1.82, 2.24) is 15.2 Å². The number of nitrogens with one attached hydrogen (secondary N) is 1. The maximum atomic E-state index is 4.78. The lowest BCUT2D eigenvalue weighted by Crippen LogP contribution is -2.56. The predicted octanol–water partition coefficient (Wildman–Crippen LogP) is 2.99. The maximum absolute atomic E-state index is 4.78. The third-order valence-corrected chi connectivity index (χ3v) is 4.46. The van der Waals surface area contributed by atoms with Crippen LogP contribution in [0, 0.1) is 0 Å². The van der Waals surface area contributed by atoms with Crippen molar-refractivity contribution in [2.45, 2.75) is 25.9 Å². The molecule has 1 aromatic heterocycles. The Labute approximate surface area is 124 Å². The summed E-state index contributed by atoms with van der Waals surface area (Å²) in [6.07, 6.45) is 0. The first-order valence-corrected chi connectivity index (χ1v) is 7.98. The van der Waals surface area contributed by atoms with E-state index in [9.17, 15) is 0 Å². The third-order valence-electron chi connectivity index (χ3n) is 3.63. The average Bonchev–Trinajstić information content (AvgIpc) is 2.87. The van der Waals surface area contributed by atoms with Crippen LogP contribution in [0.5, 0.6) is 0 Å². The Morgan fingerprint density at radius 3 is 2.85 bits per heavy atom. The summed E-state index contributed by atoms with van der Waals surface area (Å²) in [7, 11) is 0. The Bertz CT molecular complexity index is 562. The molecule has 1 fully saturated rings. The van der Waals surface area contributed by atoms with Gasteiger partial charge in [-0.15, -0.1) is 11.3 Å². The lowest BCUT2D eigenvalue weighted by molar-refractivity contribution is 0.148. The van der Waals surface area contributed by atoms with Gasteiger partial charge in [-0.3, -0.25) is 4.90 Å². The molecular formula is C16H21N3S. The third kappa shape index (κ3) is 3.26. The van der Waals surface area contributed by atoms with E-state index in [0.29, 0.717) is 0 Å². The molecule has 2 aromatic rings. The number of rotatable bonds is 3. The summed E-state index contributed by atoms with van der Waals surface area (Å²) < 4.78 is 0. The predicted molar refractivity (Wildman–Crippen MR) is 84.9 cm³/mol. The van der Waals surface area contributed by atoms with Gasteiger partial charge in [-0.2, -0.15) is 0 Å². The van der Waals surface area contributed by atoms with Crippen molar-refractivity contribution in [2.75, 3.05) is 19.6 Å². The fraction of sp³-hybridized carbons (Fsp3) is 0.438. The zero-order valence-electron chi connectivity index (χ0n) is 12.1. The van der Waals surface area contributed by atoms with E-state index in [4.69, 9.17) is 4.98 Å². The van der Waals surface area contributed by atoms with Crippen LogP contribution >= 0.6 is 11.3 Å². The van der Waals surface area contributed by atoms with E-state index in [0.717, 1.165) is 31.9 Å². The highest BCUT2D eigenvalue weighted by Crippen LogP contribution is 2.23. The minimum absolute atomic E-state index is 0.206. The van der Waals surface area contributed by atoms with Gasteiger partial charge >= 0.3 is 0 Å². The van der Waals surface area contributed by atoms with Crippen molar-refractivity contribution in [1.29, 1.82) is 0 Å². The van der Waals surface area contributed by atoms with Crippen LogP contribution in [0.25, 0.3) is 11.3 Å². The van der Waals surface area contributed by atoms with E-state index in [1.54, 1.807) is 11.3 Å². The Morgan fingerprint density at radius 1 is 1.30 bits per heavy atom. The molecule has 0 saturated carbocycles. The zero-order valence-corrected chi connectivity index (χ0v) is 12.9. The number of thiazole rings is 1. The van der Waals surface area contributed by atoms with Crippen LogP contribution < -0.4 is 5.32 Å². The van der Waals surface area contributed by atoms with Gasteiger partial charge in [0.1, 0.15) is 5.01 Å². The lowest BCUT2D eigenvalue weighted by Gasteiger charge is -2.38. The number of piperazine rings is 1. The monoisotopic (exact) mass is 287 g/mol. The van der Waals surface area contributed by atoms with E-state index >= 15 is 0 Å². The van der Waals surface area contributed by atoms with Crippen LogP contribution in [0.1, 0.15) is 18.9 Å². The smallest absolute Gasteiger partial charge is 0.107 e. The van der Waals surface area contributed by atoms with Gasteiger partial charge in [0, 0.05) is 36.1 Å². The fourth-order valence-electron chi connectivity index (χ4n) is 2.70. The number of hydrogen-bond acceptors (Lipinski definition) is 4. The first-order chi connectivity index (χ1) is 9.62. The summed E-state index contributed by atoms with van der Waals surface area (Å²) in [4.78, 5) is 7.27. The summed E-state index contributed by atoms with van der Waals surface area (Å²) in [6, 6.07) is 10.4. The van der Waals surface area contributed by atoms with E-state index in [2.05, 4.69) is 53.7 Å². The highest BCUT2D eigenvalue weighted by Gasteiger charge is 2.25. The molecule has 0 atom stereocenters. The van der Waals surface area contributed by atoms with Crippen LogP contribution in [-0.2, 0) is 6.54 Å². The van der Waals surface area contributed by atoms with Crippen molar-refractivity contribution in [3.05, 3.63) is 40.7 Å². The zero-order chi connectivity index (χ0) is 14.0. The number of hydrogen-bond donors (Lipinski definition) is 1. The van der Waals surface area contributed by atoms with E-state index in [1.165, 1.54) is 10.6 Å². The molecule has 0 unspecified atom stereocenters. The molecule has 2 heterocycles. The fourth-order valence-corrected chi connectivity index (χ4v) is 3.54. The molecule has 0 amide bonds. The van der Waals surface area contributed by atoms with Gasteiger partial charge in [-0.25, -0.2) is 4.98 Å². The molecule has 0 bridgehead atoms. The van der Waals surface area contributed by atoms with Crippen molar-refractivity contribution in [2.24, 2.45) is 0 Å². The molecule has 1 aliphatic heterocycles. The largest absolute Gasteiger partial charge is 0.309 e. The molecule has 0 spiro atoms. The molecule has 1 aliphatic rings. The number of aromatic nitrogens is 1. The molecule has 4 heteroatoms. The van der Waals surface area contributed by atoms with Crippen LogP contribution in [0.3, 0.4) is 0 Å². The molecule has 3 nitrogen and oxygen atoms in total. The van der Waals surface area contributed by atoms with Crippen LogP contribution in [0.2, 0.25) is 0 Å². The molecule has 1 aromatic carbocycles.